The maximum Gasteiger partial charge on any atom is 0.314 e. The molecule has 2 saturated carbocycles. The van der Waals surface area contributed by atoms with Gasteiger partial charge in [0.2, 0.25) is 0 Å². The Labute approximate surface area is 264 Å². The molecule has 9 heteroatoms. The van der Waals surface area contributed by atoms with Crippen molar-refractivity contribution >= 4 is 11.8 Å². The zero-order chi connectivity index (χ0) is 33.3. The second-order valence-corrected chi connectivity index (χ2v) is 15.5. The average molecular weight is 622 g/mol. The van der Waals surface area contributed by atoms with Gasteiger partial charge in [-0.05, 0) is 64.1 Å². The number of carbonyl (C=O) groups is 2. The number of fused-ring (bicyclic) bond motifs is 5. The van der Waals surface area contributed by atoms with Crippen molar-refractivity contribution in [3.8, 4) is 0 Å². The number of carbonyl (C=O) groups excluding carboxylic acids is 2. The van der Waals surface area contributed by atoms with Crippen molar-refractivity contribution in [1.29, 1.82) is 0 Å². The number of nitrogens with one attached hydrogen (secondary N) is 1. The van der Waals surface area contributed by atoms with Crippen molar-refractivity contribution in [2.24, 2.45) is 28.1 Å². The topological polar surface area (TPSA) is 146 Å². The first-order chi connectivity index (χ1) is 20.3. The molecule has 4 aliphatic rings. The van der Waals surface area contributed by atoms with E-state index in [4.69, 9.17) is 9.47 Å². The number of ketones is 1. The molecule has 44 heavy (non-hydrogen) atoms. The van der Waals surface area contributed by atoms with Crippen LogP contribution in [0.25, 0.3) is 0 Å². The third kappa shape index (κ3) is 4.54. The Morgan fingerprint density at radius 3 is 2.25 bits per heavy atom. The summed E-state index contributed by atoms with van der Waals surface area (Å²) in [5, 5.41) is 51.6. The number of Topliss-reactive ketones (excluding diaryl/α,β-unsaturated/α-hetero) is 1. The molecule has 4 unspecified atom stereocenters. The Balaban J connectivity index is 1.85. The minimum atomic E-state index is -1.66. The van der Waals surface area contributed by atoms with Crippen molar-refractivity contribution in [3.05, 3.63) is 11.1 Å². The molecule has 0 aromatic heterocycles. The van der Waals surface area contributed by atoms with Crippen LogP contribution in [0.4, 0.5) is 0 Å². The van der Waals surface area contributed by atoms with Crippen LogP contribution in [0.1, 0.15) is 114 Å². The molecule has 3 aliphatic carbocycles. The first-order valence-electron chi connectivity index (χ1n) is 16.9. The van der Waals surface area contributed by atoms with Crippen molar-refractivity contribution < 1.29 is 39.5 Å². The second-order valence-electron chi connectivity index (χ2n) is 15.5. The van der Waals surface area contributed by atoms with Gasteiger partial charge in [-0.1, -0.05) is 60.8 Å². The molecule has 1 saturated heterocycles. The van der Waals surface area contributed by atoms with E-state index >= 15 is 0 Å². The molecule has 1 aliphatic heterocycles. The van der Waals surface area contributed by atoms with Gasteiger partial charge in [-0.25, -0.2) is 0 Å². The average Bonchev–Trinajstić information content (AvgIpc) is 2.97. The van der Waals surface area contributed by atoms with Crippen LogP contribution < -0.4 is 5.32 Å². The molecule has 252 valence electrons. The summed E-state index contributed by atoms with van der Waals surface area (Å²) >= 11 is 0. The van der Waals surface area contributed by atoms with Gasteiger partial charge in [-0.2, -0.15) is 0 Å². The minimum Gasteiger partial charge on any atom is -0.457 e. The highest BCUT2D eigenvalue weighted by atomic mass is 16.6. The fourth-order valence-corrected chi connectivity index (χ4v) is 10.2. The first-order valence-corrected chi connectivity index (χ1v) is 16.9. The highest BCUT2D eigenvalue weighted by molar-refractivity contribution is 5.93. The normalized spacial score (nSPS) is 42.5. The summed E-state index contributed by atoms with van der Waals surface area (Å²) in [6.45, 7) is 17.0. The van der Waals surface area contributed by atoms with E-state index in [1.54, 1.807) is 13.8 Å². The number of aliphatic hydroxyl groups is 4. The van der Waals surface area contributed by atoms with Gasteiger partial charge in [0.15, 0.2) is 5.78 Å². The van der Waals surface area contributed by atoms with Gasteiger partial charge < -0.3 is 35.2 Å². The fraction of sp³-hybridized carbons (Fsp3) is 0.886. The largest absolute Gasteiger partial charge is 0.457 e. The summed E-state index contributed by atoms with van der Waals surface area (Å²) in [7, 11) is 1.91. The van der Waals surface area contributed by atoms with Crippen molar-refractivity contribution in [2.45, 2.75) is 155 Å². The van der Waals surface area contributed by atoms with Crippen LogP contribution in [0.2, 0.25) is 0 Å². The standard InChI is InChI=1S/C35H59NO8/c1-11-14-16-33(36-10,15-12-2)31(8,13-3)29(40)44-22-18-35(42)21(5)27-32(9,23(37)17-24-34(27,41)19-43-24)28(39)26(38)25(20(22)4)30(35,6)7/h21-24,26-27,36-38,41-42H,11-19H2,1-10H3/t21?,22-,23-,24+,26+,27?,31?,32+,33?,34-,35+/m0/s1. The zero-order valence-corrected chi connectivity index (χ0v) is 28.7. The molecule has 1 heterocycles. The molecular formula is C35H59NO8. The Hall–Kier alpha value is -1.36. The van der Waals surface area contributed by atoms with Crippen LogP contribution in [-0.2, 0) is 19.1 Å². The molecule has 0 aromatic rings. The number of ether oxygens (including phenoxy) is 2. The molecule has 0 radical (unpaired) electrons. The highest BCUT2D eigenvalue weighted by Crippen LogP contribution is 2.64. The SMILES string of the molecule is CCCCC(CCC)(NC)C(C)(CC)C(=O)O[C@H]1C[C@@]2(O)C(C)C3[C@]4(O)CO[C@@H]4C[C@H](O)[C@@]3(C)C(=O)[C@H](O)C(=C1C)C2(C)C. The molecule has 11 atom stereocenters. The summed E-state index contributed by atoms with van der Waals surface area (Å²) in [4.78, 5) is 28.8. The van der Waals surface area contributed by atoms with E-state index in [1.807, 2.05) is 41.7 Å². The molecular weight excluding hydrogens is 562 g/mol. The lowest BCUT2D eigenvalue weighted by molar-refractivity contribution is -0.335. The van der Waals surface area contributed by atoms with Crippen molar-refractivity contribution in [3.63, 3.8) is 0 Å². The van der Waals surface area contributed by atoms with Crippen LogP contribution >= 0.6 is 0 Å². The predicted octanol–water partition coefficient (Wildman–Crippen LogP) is 3.84. The lowest BCUT2D eigenvalue weighted by Crippen LogP contribution is -2.78. The van der Waals surface area contributed by atoms with Crippen molar-refractivity contribution in [1.82, 2.24) is 5.32 Å². The van der Waals surface area contributed by atoms with E-state index in [0.717, 1.165) is 32.1 Å². The molecule has 0 amide bonds. The van der Waals surface area contributed by atoms with Gasteiger partial charge in [0, 0.05) is 29.7 Å². The molecule has 2 bridgehead atoms. The van der Waals surface area contributed by atoms with Crippen molar-refractivity contribution in [2.75, 3.05) is 13.7 Å². The molecule has 3 fully saturated rings. The summed E-state index contributed by atoms with van der Waals surface area (Å²) in [5.74, 6) is -2.60. The number of rotatable bonds is 10. The summed E-state index contributed by atoms with van der Waals surface area (Å²) in [6.07, 6.45) is 0.664. The number of esters is 1. The van der Waals surface area contributed by atoms with E-state index in [2.05, 4.69) is 19.2 Å². The van der Waals surface area contributed by atoms with Gasteiger partial charge in [-0.15, -0.1) is 0 Å². The molecule has 5 N–H and O–H groups in total. The zero-order valence-electron chi connectivity index (χ0n) is 28.7. The Morgan fingerprint density at radius 2 is 1.75 bits per heavy atom. The number of hydrogen-bond acceptors (Lipinski definition) is 9. The molecule has 0 aromatic carbocycles. The lowest BCUT2D eigenvalue weighted by atomic mass is 9.43. The van der Waals surface area contributed by atoms with E-state index in [-0.39, 0.29) is 25.4 Å². The third-order valence-corrected chi connectivity index (χ3v) is 13.4. The van der Waals surface area contributed by atoms with Gasteiger partial charge in [-0.3, -0.25) is 9.59 Å². The van der Waals surface area contributed by atoms with Gasteiger partial charge >= 0.3 is 5.97 Å². The minimum absolute atomic E-state index is 0.0227. The van der Waals surface area contributed by atoms with Gasteiger partial charge in [0.25, 0.3) is 0 Å². The fourth-order valence-electron chi connectivity index (χ4n) is 10.2. The quantitative estimate of drug-likeness (QED) is 0.181. The molecule has 9 nitrogen and oxygen atoms in total. The Kier molecular flexibility index (Phi) is 9.44. The monoisotopic (exact) mass is 621 g/mol. The van der Waals surface area contributed by atoms with Gasteiger partial charge in [0.05, 0.1) is 35.2 Å². The first kappa shape index (κ1) is 35.5. The van der Waals surface area contributed by atoms with E-state index < -0.39 is 75.0 Å². The van der Waals surface area contributed by atoms with E-state index in [1.165, 1.54) is 0 Å². The highest BCUT2D eigenvalue weighted by Gasteiger charge is 2.74. The summed E-state index contributed by atoms with van der Waals surface area (Å²) in [5.41, 5.74) is -6.21. The maximum atomic E-state index is 14.4. The summed E-state index contributed by atoms with van der Waals surface area (Å²) in [6, 6.07) is 0. The van der Waals surface area contributed by atoms with Crippen LogP contribution in [0.15, 0.2) is 11.1 Å². The third-order valence-electron chi connectivity index (χ3n) is 13.4. The number of aliphatic hydroxyl groups excluding tert-OH is 2. The van der Waals surface area contributed by atoms with Crippen LogP contribution in [0, 0.1) is 28.1 Å². The number of hydrogen-bond donors (Lipinski definition) is 5. The molecule has 4 rings (SSSR count). The van der Waals surface area contributed by atoms with Crippen LogP contribution in [0.5, 0.6) is 0 Å². The number of unbranched alkanes of at least 4 members (excludes halogenated alkanes) is 1. The Morgan fingerprint density at radius 1 is 1.11 bits per heavy atom. The lowest BCUT2D eigenvalue weighted by Gasteiger charge is -2.67. The smallest absolute Gasteiger partial charge is 0.314 e. The summed E-state index contributed by atoms with van der Waals surface area (Å²) < 4.78 is 12.1. The maximum absolute atomic E-state index is 14.4. The predicted molar refractivity (Wildman–Crippen MR) is 168 cm³/mol. The molecule has 0 spiro atoms. The van der Waals surface area contributed by atoms with Crippen LogP contribution in [0.3, 0.4) is 0 Å². The second kappa shape index (κ2) is 11.7. The van der Waals surface area contributed by atoms with E-state index in [9.17, 15) is 30.0 Å². The Bertz CT molecular complexity index is 1170. The van der Waals surface area contributed by atoms with Gasteiger partial charge in [0.1, 0.15) is 17.8 Å². The van der Waals surface area contributed by atoms with E-state index in [0.29, 0.717) is 17.6 Å². The van der Waals surface area contributed by atoms with Crippen LogP contribution in [-0.4, -0.2) is 87.0 Å².